The maximum Gasteiger partial charge on any atom is -0.0235 e. The Labute approximate surface area is 187 Å². The lowest BCUT2D eigenvalue weighted by Gasteiger charge is -2.72. The van der Waals surface area contributed by atoms with Gasteiger partial charge in [-0.1, -0.05) is 48.0 Å². The fraction of sp³-hybridized carbons (Fsp3) is 1.00. The molecule has 6 aliphatic rings. The van der Waals surface area contributed by atoms with Gasteiger partial charge in [0.1, 0.15) is 0 Å². The van der Waals surface area contributed by atoms with Crippen molar-refractivity contribution < 1.29 is 0 Å². The molecule has 0 radical (unpaired) electrons. The summed E-state index contributed by atoms with van der Waals surface area (Å²) in [5.74, 6) is 6.25. The molecule has 0 heteroatoms. The number of rotatable bonds is 1. The third-order valence-corrected chi connectivity index (χ3v) is 14.0. The first-order valence-electron chi connectivity index (χ1n) is 14.1. The third-order valence-electron chi connectivity index (χ3n) is 14.0. The second kappa shape index (κ2) is 6.11. The van der Waals surface area contributed by atoms with Gasteiger partial charge >= 0.3 is 0 Å². The maximum atomic E-state index is 2.84. The van der Waals surface area contributed by atoms with Crippen LogP contribution >= 0.6 is 0 Å². The van der Waals surface area contributed by atoms with Crippen molar-refractivity contribution in [2.45, 2.75) is 125 Å². The standard InChI is InChI=1S/C30H50/c1-26(2)14-7-15-28(4)23(26)13-17-30(6)24(28)11-10-22-25-20(12-16-29(22,30)5)8-9-21(25)27(3)18-19-27/h20-25H,7-19H2,1-6H3. The molecule has 6 aliphatic carbocycles. The summed E-state index contributed by atoms with van der Waals surface area (Å²) in [5, 5.41) is 0. The molecule has 0 aromatic carbocycles. The predicted molar refractivity (Wildman–Crippen MR) is 127 cm³/mol. The van der Waals surface area contributed by atoms with E-state index in [0.29, 0.717) is 21.7 Å². The van der Waals surface area contributed by atoms with Crippen LogP contribution in [-0.2, 0) is 0 Å². The highest BCUT2D eigenvalue weighted by molar-refractivity contribution is 5.18. The summed E-state index contributed by atoms with van der Waals surface area (Å²) in [7, 11) is 0. The zero-order valence-corrected chi connectivity index (χ0v) is 21.2. The molecule has 0 bridgehead atoms. The van der Waals surface area contributed by atoms with Crippen LogP contribution in [0.2, 0.25) is 0 Å². The Balaban J connectivity index is 1.37. The molecular formula is C30H50. The minimum atomic E-state index is 0.570. The average molecular weight is 411 g/mol. The normalized spacial score (nSPS) is 58.2. The molecule has 170 valence electrons. The third kappa shape index (κ3) is 2.41. The van der Waals surface area contributed by atoms with E-state index in [2.05, 4.69) is 41.5 Å². The minimum Gasteiger partial charge on any atom is -0.0596 e. The van der Waals surface area contributed by atoms with Gasteiger partial charge in [0, 0.05) is 0 Å². The van der Waals surface area contributed by atoms with E-state index in [1.807, 2.05) is 0 Å². The molecule has 6 fully saturated rings. The van der Waals surface area contributed by atoms with Crippen LogP contribution in [0.25, 0.3) is 0 Å². The molecular weight excluding hydrogens is 360 g/mol. The van der Waals surface area contributed by atoms with Crippen LogP contribution in [0.1, 0.15) is 125 Å². The van der Waals surface area contributed by atoms with Crippen molar-refractivity contribution in [3.05, 3.63) is 0 Å². The van der Waals surface area contributed by atoms with Gasteiger partial charge in [0.2, 0.25) is 0 Å². The van der Waals surface area contributed by atoms with E-state index in [1.54, 1.807) is 51.4 Å². The SMILES string of the molecule is CC1(C)CCCC2(C)C1CCC1(C)C2CCC2C3C(CCC3C3(C)CC3)CCC21C. The summed E-state index contributed by atoms with van der Waals surface area (Å²) in [6.45, 7) is 16.3. The fourth-order valence-electron chi connectivity index (χ4n) is 12.1. The summed E-state index contributed by atoms with van der Waals surface area (Å²) < 4.78 is 0. The first-order chi connectivity index (χ1) is 14.1. The Morgan fingerprint density at radius 3 is 1.97 bits per heavy atom. The molecule has 0 amide bonds. The van der Waals surface area contributed by atoms with E-state index < -0.39 is 0 Å². The van der Waals surface area contributed by atoms with Crippen LogP contribution in [0.5, 0.6) is 0 Å². The van der Waals surface area contributed by atoms with Crippen LogP contribution < -0.4 is 0 Å². The Kier molecular flexibility index (Phi) is 4.19. The van der Waals surface area contributed by atoms with Gasteiger partial charge in [-0.2, -0.15) is 0 Å². The van der Waals surface area contributed by atoms with Gasteiger partial charge in [0.25, 0.3) is 0 Å². The molecule has 0 heterocycles. The highest BCUT2D eigenvalue weighted by Gasteiger charge is 2.69. The Hall–Kier alpha value is 0. The van der Waals surface area contributed by atoms with Crippen molar-refractivity contribution in [2.75, 3.05) is 0 Å². The minimum absolute atomic E-state index is 0.570. The Morgan fingerprint density at radius 2 is 1.23 bits per heavy atom. The van der Waals surface area contributed by atoms with Crippen molar-refractivity contribution >= 4 is 0 Å². The number of hydrogen-bond acceptors (Lipinski definition) is 0. The summed E-state index contributed by atoms with van der Waals surface area (Å²) in [4.78, 5) is 0. The Morgan fingerprint density at radius 1 is 0.533 bits per heavy atom. The van der Waals surface area contributed by atoms with E-state index in [4.69, 9.17) is 0 Å². The van der Waals surface area contributed by atoms with Gasteiger partial charge in [-0.05, 0) is 140 Å². The summed E-state index contributed by atoms with van der Waals surface area (Å²) in [6.07, 6.45) is 20.0. The lowest BCUT2D eigenvalue weighted by Crippen LogP contribution is -2.64. The molecule has 0 aromatic rings. The lowest BCUT2D eigenvalue weighted by atomic mass is 9.33. The molecule has 9 unspecified atom stereocenters. The van der Waals surface area contributed by atoms with E-state index in [9.17, 15) is 0 Å². The average Bonchev–Trinajstić information content (AvgIpc) is 3.25. The molecule has 0 nitrogen and oxygen atoms in total. The zero-order valence-electron chi connectivity index (χ0n) is 21.2. The first kappa shape index (κ1) is 20.6. The quantitative estimate of drug-likeness (QED) is 0.405. The van der Waals surface area contributed by atoms with Crippen LogP contribution in [-0.4, -0.2) is 0 Å². The zero-order chi connectivity index (χ0) is 21.2. The van der Waals surface area contributed by atoms with Gasteiger partial charge in [-0.15, -0.1) is 0 Å². The predicted octanol–water partition coefficient (Wildman–Crippen LogP) is 8.89. The van der Waals surface area contributed by atoms with E-state index in [-0.39, 0.29) is 0 Å². The van der Waals surface area contributed by atoms with Crippen LogP contribution in [0.3, 0.4) is 0 Å². The molecule has 0 N–H and O–H groups in total. The monoisotopic (exact) mass is 410 g/mol. The lowest BCUT2D eigenvalue weighted by molar-refractivity contribution is -0.230. The second-order valence-electron chi connectivity index (χ2n) is 15.2. The van der Waals surface area contributed by atoms with Gasteiger partial charge in [-0.25, -0.2) is 0 Å². The number of fused-ring (bicyclic) bond motifs is 7. The van der Waals surface area contributed by atoms with Crippen LogP contribution in [0.4, 0.5) is 0 Å². The molecule has 0 saturated heterocycles. The van der Waals surface area contributed by atoms with E-state index >= 15 is 0 Å². The van der Waals surface area contributed by atoms with Crippen molar-refractivity contribution in [3.63, 3.8) is 0 Å². The number of hydrogen-bond donors (Lipinski definition) is 0. The Bertz CT molecular complexity index is 714. The first-order valence-corrected chi connectivity index (χ1v) is 14.1. The van der Waals surface area contributed by atoms with Crippen molar-refractivity contribution in [3.8, 4) is 0 Å². The smallest absolute Gasteiger partial charge is 0.0235 e. The van der Waals surface area contributed by atoms with Gasteiger partial charge in [0.05, 0.1) is 0 Å². The van der Waals surface area contributed by atoms with Crippen molar-refractivity contribution in [1.29, 1.82) is 0 Å². The second-order valence-corrected chi connectivity index (χ2v) is 15.2. The van der Waals surface area contributed by atoms with Gasteiger partial charge in [0.15, 0.2) is 0 Å². The molecule has 0 aliphatic heterocycles. The summed E-state index contributed by atoms with van der Waals surface area (Å²) in [5.41, 5.74) is 3.13. The highest BCUT2D eigenvalue weighted by atomic mass is 14.7. The topological polar surface area (TPSA) is 0 Å². The van der Waals surface area contributed by atoms with Crippen molar-refractivity contribution in [1.82, 2.24) is 0 Å². The van der Waals surface area contributed by atoms with Gasteiger partial charge < -0.3 is 0 Å². The molecule has 0 spiro atoms. The van der Waals surface area contributed by atoms with E-state index in [1.165, 1.54) is 32.1 Å². The summed E-state index contributed by atoms with van der Waals surface area (Å²) >= 11 is 0. The molecule has 30 heavy (non-hydrogen) atoms. The fourth-order valence-corrected chi connectivity index (χ4v) is 12.1. The van der Waals surface area contributed by atoms with E-state index in [0.717, 1.165) is 40.9 Å². The molecule has 6 rings (SSSR count). The van der Waals surface area contributed by atoms with Crippen LogP contribution in [0, 0.1) is 62.6 Å². The molecule has 9 atom stereocenters. The highest BCUT2D eigenvalue weighted by Crippen LogP contribution is 2.77. The summed E-state index contributed by atoms with van der Waals surface area (Å²) in [6, 6.07) is 0. The molecule has 0 aromatic heterocycles. The van der Waals surface area contributed by atoms with Gasteiger partial charge in [-0.3, -0.25) is 0 Å². The van der Waals surface area contributed by atoms with Crippen molar-refractivity contribution in [2.24, 2.45) is 62.6 Å². The maximum absolute atomic E-state index is 2.84. The largest absolute Gasteiger partial charge is 0.0596 e. The molecule has 6 saturated carbocycles. The van der Waals surface area contributed by atoms with Crippen LogP contribution in [0.15, 0.2) is 0 Å².